The number of hydrogen-bond acceptors (Lipinski definition) is 3. The van der Waals surface area contributed by atoms with E-state index in [0.29, 0.717) is 11.4 Å². The highest BCUT2D eigenvalue weighted by Crippen LogP contribution is 2.29. The van der Waals surface area contributed by atoms with Gasteiger partial charge in [-0.3, -0.25) is 0 Å². The SMILES string of the molecule is C[C@@H](CNS(=O)(=O)c1ccc2ccccc2c1)N1CCc2ccccc21. The van der Waals surface area contributed by atoms with Gasteiger partial charge in [-0.25, -0.2) is 13.1 Å². The molecule has 0 radical (unpaired) electrons. The van der Waals surface area contributed by atoms with Gasteiger partial charge in [-0.05, 0) is 47.9 Å². The fourth-order valence-electron chi connectivity index (χ4n) is 3.58. The molecule has 0 amide bonds. The highest BCUT2D eigenvalue weighted by Gasteiger charge is 2.24. The first-order chi connectivity index (χ1) is 12.5. The Hall–Kier alpha value is -2.37. The maximum absolute atomic E-state index is 12.7. The Balaban J connectivity index is 1.49. The number of nitrogens with one attached hydrogen (secondary N) is 1. The summed E-state index contributed by atoms with van der Waals surface area (Å²) in [6.45, 7) is 3.37. The molecule has 0 fully saturated rings. The zero-order valence-electron chi connectivity index (χ0n) is 14.7. The first-order valence-electron chi connectivity index (χ1n) is 8.88. The molecule has 3 aromatic rings. The van der Waals surface area contributed by atoms with Crippen LogP contribution in [0.2, 0.25) is 0 Å². The zero-order valence-corrected chi connectivity index (χ0v) is 15.5. The van der Waals surface area contributed by atoms with Crippen molar-refractivity contribution in [3.05, 3.63) is 72.3 Å². The highest BCUT2D eigenvalue weighted by atomic mass is 32.2. The summed E-state index contributed by atoms with van der Waals surface area (Å²) in [5.74, 6) is 0. The minimum atomic E-state index is -3.53. The van der Waals surface area contributed by atoms with E-state index in [2.05, 4.69) is 34.7 Å². The quantitative estimate of drug-likeness (QED) is 0.751. The lowest BCUT2D eigenvalue weighted by atomic mass is 10.1. The van der Waals surface area contributed by atoms with Crippen molar-refractivity contribution in [1.82, 2.24) is 4.72 Å². The van der Waals surface area contributed by atoms with E-state index in [-0.39, 0.29) is 6.04 Å². The van der Waals surface area contributed by atoms with Crippen LogP contribution in [0.3, 0.4) is 0 Å². The molecule has 134 valence electrons. The zero-order chi connectivity index (χ0) is 18.1. The number of nitrogens with zero attached hydrogens (tertiary/aromatic N) is 1. The van der Waals surface area contributed by atoms with Crippen LogP contribution in [0.15, 0.2) is 71.6 Å². The molecule has 0 unspecified atom stereocenters. The summed E-state index contributed by atoms with van der Waals surface area (Å²) in [6.07, 6.45) is 1.01. The van der Waals surface area contributed by atoms with E-state index in [0.717, 1.165) is 23.7 Å². The maximum Gasteiger partial charge on any atom is 0.240 e. The van der Waals surface area contributed by atoms with Gasteiger partial charge in [-0.2, -0.15) is 0 Å². The second kappa shape index (κ2) is 6.74. The molecule has 1 heterocycles. The summed E-state index contributed by atoms with van der Waals surface area (Å²) in [4.78, 5) is 2.59. The van der Waals surface area contributed by atoms with Gasteiger partial charge >= 0.3 is 0 Å². The molecule has 1 atom stereocenters. The molecule has 5 heteroatoms. The van der Waals surface area contributed by atoms with Crippen molar-refractivity contribution in [3.8, 4) is 0 Å². The van der Waals surface area contributed by atoms with Crippen LogP contribution in [-0.2, 0) is 16.4 Å². The van der Waals surface area contributed by atoms with Gasteiger partial charge in [0, 0.05) is 24.8 Å². The Morgan fingerprint density at radius 2 is 1.73 bits per heavy atom. The monoisotopic (exact) mass is 366 g/mol. The molecule has 0 saturated carbocycles. The third-order valence-electron chi connectivity index (χ3n) is 5.06. The Morgan fingerprint density at radius 1 is 1.00 bits per heavy atom. The minimum absolute atomic E-state index is 0.0916. The third-order valence-corrected chi connectivity index (χ3v) is 6.48. The lowest BCUT2D eigenvalue weighted by molar-refractivity contribution is 0.566. The first kappa shape index (κ1) is 17.1. The Labute approximate surface area is 154 Å². The van der Waals surface area contributed by atoms with Gasteiger partial charge in [0.1, 0.15) is 0 Å². The number of benzene rings is 3. The fraction of sp³-hybridized carbons (Fsp3) is 0.238. The second-order valence-corrected chi connectivity index (χ2v) is 8.55. The van der Waals surface area contributed by atoms with E-state index in [9.17, 15) is 8.42 Å². The largest absolute Gasteiger partial charge is 0.367 e. The van der Waals surface area contributed by atoms with Crippen LogP contribution in [0, 0.1) is 0 Å². The second-order valence-electron chi connectivity index (χ2n) is 6.78. The molecule has 1 N–H and O–H groups in total. The van der Waals surface area contributed by atoms with Gasteiger partial charge in [-0.1, -0.05) is 48.5 Å². The van der Waals surface area contributed by atoms with E-state index in [1.807, 2.05) is 36.4 Å². The van der Waals surface area contributed by atoms with Gasteiger partial charge in [0.15, 0.2) is 0 Å². The van der Waals surface area contributed by atoms with Crippen molar-refractivity contribution in [1.29, 1.82) is 0 Å². The number of anilines is 1. The average Bonchev–Trinajstić information content (AvgIpc) is 3.10. The lowest BCUT2D eigenvalue weighted by Gasteiger charge is -2.27. The van der Waals surface area contributed by atoms with Crippen LogP contribution in [0.4, 0.5) is 5.69 Å². The number of para-hydroxylation sites is 1. The maximum atomic E-state index is 12.7. The topological polar surface area (TPSA) is 49.4 Å². The molecule has 1 aliphatic heterocycles. The molecule has 0 spiro atoms. The summed E-state index contributed by atoms with van der Waals surface area (Å²) in [5.41, 5.74) is 2.54. The summed E-state index contributed by atoms with van der Waals surface area (Å²) >= 11 is 0. The summed E-state index contributed by atoms with van der Waals surface area (Å²) in [7, 11) is -3.53. The third kappa shape index (κ3) is 3.20. The van der Waals surface area contributed by atoms with E-state index >= 15 is 0 Å². The molecular weight excluding hydrogens is 344 g/mol. The number of sulfonamides is 1. The highest BCUT2D eigenvalue weighted by molar-refractivity contribution is 7.89. The molecule has 0 bridgehead atoms. The summed E-state index contributed by atoms with van der Waals surface area (Å²) < 4.78 is 28.2. The lowest BCUT2D eigenvalue weighted by Crippen LogP contribution is -2.41. The van der Waals surface area contributed by atoms with E-state index in [1.54, 1.807) is 12.1 Å². The smallest absolute Gasteiger partial charge is 0.240 e. The molecule has 0 aliphatic carbocycles. The average molecular weight is 366 g/mol. The van der Waals surface area contributed by atoms with Crippen molar-refractivity contribution < 1.29 is 8.42 Å². The molecule has 3 aromatic carbocycles. The summed E-state index contributed by atoms with van der Waals surface area (Å²) in [5, 5.41) is 1.96. The van der Waals surface area contributed by atoms with Gasteiger partial charge < -0.3 is 4.90 Å². The normalized spacial score (nSPS) is 15.2. The van der Waals surface area contributed by atoms with E-state index in [4.69, 9.17) is 0 Å². The molecular formula is C21H22N2O2S. The standard InChI is InChI=1S/C21H22N2O2S/c1-16(23-13-12-18-7-4-5-9-21(18)23)15-22-26(24,25)20-11-10-17-6-2-3-8-19(17)14-20/h2-11,14,16,22H,12-13,15H2,1H3/t16-/m0/s1. The van der Waals surface area contributed by atoms with Gasteiger partial charge in [0.05, 0.1) is 4.90 Å². The van der Waals surface area contributed by atoms with Crippen LogP contribution in [0.5, 0.6) is 0 Å². The first-order valence-corrected chi connectivity index (χ1v) is 10.4. The number of hydrogen-bond donors (Lipinski definition) is 1. The van der Waals surface area contributed by atoms with Crippen molar-refractivity contribution in [2.24, 2.45) is 0 Å². The molecule has 1 aliphatic rings. The Morgan fingerprint density at radius 3 is 2.58 bits per heavy atom. The van der Waals surface area contributed by atoms with Gasteiger partial charge in [0.2, 0.25) is 10.0 Å². The predicted octanol–water partition coefficient (Wildman–Crippen LogP) is 3.57. The number of fused-ring (bicyclic) bond motifs is 2. The Kier molecular flexibility index (Phi) is 4.42. The summed E-state index contributed by atoms with van der Waals surface area (Å²) in [6, 6.07) is 21.4. The molecule has 0 aromatic heterocycles. The van der Waals surface area contributed by atoms with Crippen LogP contribution in [0.25, 0.3) is 10.8 Å². The van der Waals surface area contributed by atoms with Crippen LogP contribution in [0.1, 0.15) is 12.5 Å². The molecule has 0 saturated heterocycles. The number of rotatable bonds is 5. The van der Waals surface area contributed by atoms with Gasteiger partial charge in [0.25, 0.3) is 0 Å². The predicted molar refractivity (Wildman–Crippen MR) is 106 cm³/mol. The van der Waals surface area contributed by atoms with Gasteiger partial charge in [-0.15, -0.1) is 0 Å². The van der Waals surface area contributed by atoms with Crippen molar-refractivity contribution in [3.63, 3.8) is 0 Å². The fourth-order valence-corrected chi connectivity index (χ4v) is 4.74. The van der Waals surface area contributed by atoms with Crippen molar-refractivity contribution in [2.45, 2.75) is 24.3 Å². The van der Waals surface area contributed by atoms with E-state index < -0.39 is 10.0 Å². The molecule has 26 heavy (non-hydrogen) atoms. The van der Waals surface area contributed by atoms with Crippen molar-refractivity contribution in [2.75, 3.05) is 18.0 Å². The molecule has 4 nitrogen and oxygen atoms in total. The van der Waals surface area contributed by atoms with Crippen LogP contribution < -0.4 is 9.62 Å². The Bertz CT molecular complexity index is 1050. The van der Waals surface area contributed by atoms with E-state index in [1.165, 1.54) is 11.3 Å². The molecule has 4 rings (SSSR count). The van der Waals surface area contributed by atoms with Crippen LogP contribution >= 0.6 is 0 Å². The van der Waals surface area contributed by atoms with Crippen molar-refractivity contribution >= 4 is 26.5 Å². The van der Waals surface area contributed by atoms with Crippen LogP contribution in [-0.4, -0.2) is 27.5 Å². The minimum Gasteiger partial charge on any atom is -0.367 e.